The Balaban J connectivity index is 1.99. The van der Waals surface area contributed by atoms with Crippen molar-refractivity contribution >= 4 is 11.8 Å². The van der Waals surface area contributed by atoms with Crippen LogP contribution >= 0.6 is 0 Å². The van der Waals surface area contributed by atoms with Crippen LogP contribution in [0, 0.1) is 0 Å². The van der Waals surface area contributed by atoms with E-state index in [1.807, 2.05) is 0 Å². The van der Waals surface area contributed by atoms with Gasteiger partial charge < -0.3 is 15.5 Å². The van der Waals surface area contributed by atoms with E-state index in [1.165, 1.54) is 0 Å². The molecule has 2 fully saturated rings. The van der Waals surface area contributed by atoms with Crippen LogP contribution in [0.25, 0.3) is 0 Å². The van der Waals surface area contributed by atoms with E-state index in [9.17, 15) is 9.59 Å². The Labute approximate surface area is 102 Å². The van der Waals surface area contributed by atoms with Crippen molar-refractivity contribution < 1.29 is 9.59 Å². The molecule has 2 aliphatic rings. The molecule has 2 aliphatic heterocycles. The van der Waals surface area contributed by atoms with Crippen molar-refractivity contribution in [3.63, 3.8) is 0 Å². The summed E-state index contributed by atoms with van der Waals surface area (Å²) in [7, 11) is 1.63. The Morgan fingerprint density at radius 2 is 2.06 bits per heavy atom. The zero-order chi connectivity index (χ0) is 12.3. The van der Waals surface area contributed by atoms with Gasteiger partial charge in [-0.3, -0.25) is 9.59 Å². The standard InChI is InChI=1S/C12H21N3O2/c1-13-11(16)10-6-4-8-15(10)12(17)9-5-2-3-7-14-9/h9-10,14H,2-8H2,1H3,(H,13,16). The van der Waals surface area contributed by atoms with Gasteiger partial charge in [0.15, 0.2) is 0 Å². The number of hydrogen-bond donors (Lipinski definition) is 2. The third-order valence-corrected chi connectivity index (χ3v) is 3.69. The number of amides is 2. The summed E-state index contributed by atoms with van der Waals surface area (Å²) in [6.45, 7) is 1.63. The highest BCUT2D eigenvalue weighted by Crippen LogP contribution is 2.20. The van der Waals surface area contributed by atoms with E-state index >= 15 is 0 Å². The molecule has 0 bridgehead atoms. The SMILES string of the molecule is CNC(=O)C1CCCN1C(=O)C1CCCCN1. The summed E-state index contributed by atoms with van der Waals surface area (Å²) in [6.07, 6.45) is 4.86. The first-order chi connectivity index (χ1) is 8.24. The number of likely N-dealkylation sites (tertiary alicyclic amines) is 1. The van der Waals surface area contributed by atoms with Crippen LogP contribution in [0.5, 0.6) is 0 Å². The molecular weight excluding hydrogens is 218 g/mol. The smallest absolute Gasteiger partial charge is 0.242 e. The average Bonchev–Trinajstić information content (AvgIpc) is 2.87. The fourth-order valence-electron chi connectivity index (χ4n) is 2.73. The van der Waals surface area contributed by atoms with Crippen LogP contribution in [0.3, 0.4) is 0 Å². The van der Waals surface area contributed by atoms with Gasteiger partial charge in [-0.25, -0.2) is 0 Å². The maximum atomic E-state index is 12.3. The van der Waals surface area contributed by atoms with E-state index in [0.717, 1.165) is 45.2 Å². The summed E-state index contributed by atoms with van der Waals surface area (Å²) in [4.78, 5) is 25.8. The number of nitrogens with zero attached hydrogens (tertiary/aromatic N) is 1. The summed E-state index contributed by atoms with van der Waals surface area (Å²) in [5, 5.41) is 5.89. The molecule has 0 radical (unpaired) electrons. The van der Waals surface area contributed by atoms with E-state index in [2.05, 4.69) is 10.6 Å². The molecule has 2 N–H and O–H groups in total. The lowest BCUT2D eigenvalue weighted by molar-refractivity contribution is -0.140. The largest absolute Gasteiger partial charge is 0.357 e. The summed E-state index contributed by atoms with van der Waals surface area (Å²) in [6, 6.07) is -0.328. The lowest BCUT2D eigenvalue weighted by atomic mass is 10.0. The quantitative estimate of drug-likeness (QED) is 0.705. The lowest BCUT2D eigenvalue weighted by Crippen LogP contribution is -2.53. The molecule has 2 rings (SSSR count). The summed E-state index contributed by atoms with van der Waals surface area (Å²) < 4.78 is 0. The van der Waals surface area contributed by atoms with Gasteiger partial charge in [-0.1, -0.05) is 6.42 Å². The molecule has 0 aromatic rings. The molecule has 0 aromatic carbocycles. The minimum atomic E-state index is -0.253. The molecule has 0 saturated carbocycles. The maximum absolute atomic E-state index is 12.3. The molecular formula is C12H21N3O2. The second-order valence-electron chi connectivity index (χ2n) is 4.81. The van der Waals surface area contributed by atoms with Gasteiger partial charge in [0, 0.05) is 13.6 Å². The van der Waals surface area contributed by atoms with E-state index in [1.54, 1.807) is 11.9 Å². The lowest BCUT2D eigenvalue weighted by Gasteiger charge is -2.30. The van der Waals surface area contributed by atoms with Crippen LogP contribution in [0.1, 0.15) is 32.1 Å². The van der Waals surface area contributed by atoms with Crippen molar-refractivity contribution in [1.82, 2.24) is 15.5 Å². The van der Waals surface area contributed by atoms with Crippen molar-refractivity contribution in [2.75, 3.05) is 20.1 Å². The monoisotopic (exact) mass is 239 g/mol. The van der Waals surface area contributed by atoms with Gasteiger partial charge in [0.05, 0.1) is 6.04 Å². The molecule has 17 heavy (non-hydrogen) atoms. The van der Waals surface area contributed by atoms with Crippen LogP contribution in [0.15, 0.2) is 0 Å². The third-order valence-electron chi connectivity index (χ3n) is 3.69. The highest BCUT2D eigenvalue weighted by atomic mass is 16.2. The van der Waals surface area contributed by atoms with Gasteiger partial charge in [-0.05, 0) is 32.2 Å². The highest BCUT2D eigenvalue weighted by Gasteiger charge is 2.36. The zero-order valence-corrected chi connectivity index (χ0v) is 10.4. The molecule has 96 valence electrons. The minimum Gasteiger partial charge on any atom is -0.357 e. The fraction of sp³-hybridized carbons (Fsp3) is 0.833. The summed E-state index contributed by atoms with van der Waals surface area (Å²) in [5.74, 6) is 0.0717. The van der Waals surface area contributed by atoms with Gasteiger partial charge in [0.2, 0.25) is 11.8 Å². The van der Waals surface area contributed by atoms with Crippen LogP contribution in [0.2, 0.25) is 0 Å². The maximum Gasteiger partial charge on any atom is 0.242 e. The van der Waals surface area contributed by atoms with Crippen molar-refractivity contribution in [2.45, 2.75) is 44.2 Å². The first-order valence-corrected chi connectivity index (χ1v) is 6.49. The van der Waals surface area contributed by atoms with E-state index in [-0.39, 0.29) is 23.9 Å². The zero-order valence-electron chi connectivity index (χ0n) is 10.4. The molecule has 2 saturated heterocycles. The number of carbonyl (C=O) groups excluding carboxylic acids is 2. The number of piperidine rings is 1. The number of rotatable bonds is 2. The number of likely N-dealkylation sites (N-methyl/N-ethyl adjacent to an activating group) is 1. The number of nitrogens with one attached hydrogen (secondary N) is 2. The Morgan fingerprint density at radius 1 is 1.24 bits per heavy atom. The molecule has 5 nitrogen and oxygen atoms in total. The highest BCUT2D eigenvalue weighted by molar-refractivity contribution is 5.90. The predicted octanol–water partition coefficient (Wildman–Crippen LogP) is -0.134. The molecule has 0 spiro atoms. The first kappa shape index (κ1) is 12.4. The van der Waals surface area contributed by atoms with E-state index < -0.39 is 0 Å². The van der Waals surface area contributed by atoms with Crippen LogP contribution in [-0.4, -0.2) is 48.9 Å². The van der Waals surface area contributed by atoms with Crippen molar-refractivity contribution in [1.29, 1.82) is 0 Å². The second kappa shape index (κ2) is 5.49. The molecule has 2 atom stereocenters. The second-order valence-corrected chi connectivity index (χ2v) is 4.81. The van der Waals surface area contributed by atoms with Gasteiger partial charge in [0.1, 0.15) is 6.04 Å². The average molecular weight is 239 g/mol. The van der Waals surface area contributed by atoms with Gasteiger partial charge in [-0.15, -0.1) is 0 Å². The van der Waals surface area contributed by atoms with Crippen molar-refractivity contribution in [2.24, 2.45) is 0 Å². The molecule has 2 heterocycles. The Hall–Kier alpha value is -1.10. The van der Waals surface area contributed by atoms with Gasteiger partial charge in [0.25, 0.3) is 0 Å². The topological polar surface area (TPSA) is 61.4 Å². The Morgan fingerprint density at radius 3 is 2.71 bits per heavy atom. The first-order valence-electron chi connectivity index (χ1n) is 6.49. The molecule has 2 unspecified atom stereocenters. The van der Waals surface area contributed by atoms with Gasteiger partial charge >= 0.3 is 0 Å². The third kappa shape index (κ3) is 2.60. The van der Waals surface area contributed by atoms with E-state index in [0.29, 0.717) is 0 Å². The summed E-state index contributed by atoms with van der Waals surface area (Å²) >= 11 is 0. The van der Waals surface area contributed by atoms with E-state index in [4.69, 9.17) is 0 Å². The number of carbonyl (C=O) groups is 2. The number of hydrogen-bond acceptors (Lipinski definition) is 3. The Bertz CT molecular complexity index is 300. The molecule has 0 aliphatic carbocycles. The normalized spacial score (nSPS) is 29.1. The fourth-order valence-corrected chi connectivity index (χ4v) is 2.73. The molecule has 0 aromatic heterocycles. The van der Waals surface area contributed by atoms with Crippen LogP contribution in [-0.2, 0) is 9.59 Å². The van der Waals surface area contributed by atoms with Crippen LogP contribution < -0.4 is 10.6 Å². The molecule has 2 amide bonds. The Kier molecular flexibility index (Phi) is 3.99. The molecule has 5 heteroatoms. The predicted molar refractivity (Wildman–Crippen MR) is 64.4 cm³/mol. The minimum absolute atomic E-state index is 0.0355. The van der Waals surface area contributed by atoms with Crippen molar-refractivity contribution in [3.8, 4) is 0 Å². The van der Waals surface area contributed by atoms with Crippen molar-refractivity contribution in [3.05, 3.63) is 0 Å². The summed E-state index contributed by atoms with van der Waals surface area (Å²) in [5.41, 5.74) is 0. The van der Waals surface area contributed by atoms with Gasteiger partial charge in [-0.2, -0.15) is 0 Å². The van der Waals surface area contributed by atoms with Crippen LogP contribution in [0.4, 0.5) is 0 Å².